The van der Waals surface area contributed by atoms with Crippen molar-refractivity contribution in [3.63, 3.8) is 0 Å². The standard InChI is InChI=1S/C26H19Cl2FN4O2S/c27-21-13-10-19(15-22(21)28)24-23(32-26(31)33-25(24)30)14-9-17-4-1-16(2-5-17)3-6-18-7-11-20(12-8-18)36(29,34)35/h1-15H,(H4,30,31,32,33)/b6-3+,14-9+. The van der Waals surface area contributed by atoms with E-state index in [-0.39, 0.29) is 16.7 Å². The van der Waals surface area contributed by atoms with Crippen LogP contribution in [0.2, 0.25) is 10.0 Å². The average Bonchev–Trinajstić information content (AvgIpc) is 2.83. The molecule has 4 aromatic rings. The molecule has 0 radical (unpaired) electrons. The highest BCUT2D eigenvalue weighted by Crippen LogP contribution is 2.34. The molecule has 0 aliphatic carbocycles. The van der Waals surface area contributed by atoms with E-state index in [9.17, 15) is 12.3 Å². The molecule has 3 aromatic carbocycles. The van der Waals surface area contributed by atoms with Gasteiger partial charge in [-0.3, -0.25) is 0 Å². The number of nitrogens with zero attached hydrogens (tertiary/aromatic N) is 2. The molecule has 0 atom stereocenters. The Morgan fingerprint density at radius 3 is 1.78 bits per heavy atom. The van der Waals surface area contributed by atoms with E-state index >= 15 is 0 Å². The maximum Gasteiger partial charge on any atom is 0.332 e. The Bertz CT molecular complexity index is 1590. The van der Waals surface area contributed by atoms with Crippen molar-refractivity contribution in [1.82, 2.24) is 9.97 Å². The van der Waals surface area contributed by atoms with Gasteiger partial charge in [-0.2, -0.15) is 13.4 Å². The Balaban J connectivity index is 1.55. The van der Waals surface area contributed by atoms with Crippen molar-refractivity contribution in [3.05, 3.63) is 99.2 Å². The van der Waals surface area contributed by atoms with E-state index in [4.69, 9.17) is 34.7 Å². The molecule has 0 spiro atoms. The zero-order valence-corrected chi connectivity index (χ0v) is 20.9. The molecule has 36 heavy (non-hydrogen) atoms. The molecule has 0 saturated carbocycles. The summed E-state index contributed by atoms with van der Waals surface area (Å²) in [6, 6.07) is 18.3. The summed E-state index contributed by atoms with van der Waals surface area (Å²) in [5.41, 5.74) is 16.3. The number of anilines is 2. The van der Waals surface area contributed by atoms with Crippen LogP contribution in [0.4, 0.5) is 15.7 Å². The van der Waals surface area contributed by atoms with Gasteiger partial charge < -0.3 is 11.5 Å². The molecule has 0 amide bonds. The highest BCUT2D eigenvalue weighted by Gasteiger charge is 2.13. The van der Waals surface area contributed by atoms with Gasteiger partial charge in [-0.1, -0.05) is 83.9 Å². The van der Waals surface area contributed by atoms with Gasteiger partial charge in [0.15, 0.2) is 0 Å². The molecule has 0 aliphatic rings. The lowest BCUT2D eigenvalue weighted by Gasteiger charge is -2.10. The predicted octanol–water partition coefficient (Wildman–Crippen LogP) is 6.61. The third kappa shape index (κ3) is 6.09. The summed E-state index contributed by atoms with van der Waals surface area (Å²) in [7, 11) is -4.71. The lowest BCUT2D eigenvalue weighted by atomic mass is 10.0. The third-order valence-electron chi connectivity index (χ3n) is 5.19. The number of hydrogen-bond donors (Lipinski definition) is 2. The fourth-order valence-electron chi connectivity index (χ4n) is 3.41. The van der Waals surface area contributed by atoms with E-state index in [1.807, 2.05) is 36.4 Å². The topological polar surface area (TPSA) is 112 Å². The summed E-state index contributed by atoms with van der Waals surface area (Å²) in [5, 5.41) is 0.804. The molecule has 0 saturated heterocycles. The summed E-state index contributed by atoms with van der Waals surface area (Å²) in [6.45, 7) is 0. The molecule has 1 heterocycles. The predicted molar refractivity (Wildman–Crippen MR) is 145 cm³/mol. The van der Waals surface area contributed by atoms with Crippen molar-refractivity contribution in [2.75, 3.05) is 11.5 Å². The minimum absolute atomic E-state index is 0.0496. The Morgan fingerprint density at radius 2 is 1.25 bits per heavy atom. The molecule has 182 valence electrons. The number of nitrogens with two attached hydrogens (primary N) is 2. The highest BCUT2D eigenvalue weighted by atomic mass is 35.5. The first kappa shape index (κ1) is 25.4. The summed E-state index contributed by atoms with van der Waals surface area (Å²) < 4.78 is 34.9. The summed E-state index contributed by atoms with van der Waals surface area (Å²) in [4.78, 5) is 8.03. The van der Waals surface area contributed by atoms with Gasteiger partial charge in [0.2, 0.25) is 5.95 Å². The van der Waals surface area contributed by atoms with Gasteiger partial charge in [0.1, 0.15) is 5.82 Å². The summed E-state index contributed by atoms with van der Waals surface area (Å²) >= 11 is 12.2. The number of nitrogen functional groups attached to an aromatic ring is 2. The van der Waals surface area contributed by atoms with Gasteiger partial charge in [0.25, 0.3) is 0 Å². The lowest BCUT2D eigenvalue weighted by molar-refractivity contribution is 0.552. The van der Waals surface area contributed by atoms with Gasteiger partial charge in [0, 0.05) is 5.56 Å². The maximum atomic E-state index is 13.0. The fraction of sp³-hybridized carbons (Fsp3) is 0. The Hall–Kier alpha value is -3.72. The molecule has 0 fully saturated rings. The van der Waals surface area contributed by atoms with E-state index in [1.165, 1.54) is 24.3 Å². The molecule has 0 bridgehead atoms. The van der Waals surface area contributed by atoms with Gasteiger partial charge in [-0.15, -0.1) is 3.89 Å². The van der Waals surface area contributed by atoms with Gasteiger partial charge in [-0.05, 0) is 52.6 Å². The molecule has 1 aromatic heterocycles. The SMILES string of the molecule is Nc1nc(N)c(-c2ccc(Cl)c(Cl)c2)c(/C=C/c2ccc(/C=C/c3ccc(S(=O)(=O)F)cc3)cc2)n1. The van der Waals surface area contributed by atoms with Crippen LogP contribution in [0.25, 0.3) is 35.4 Å². The van der Waals surface area contributed by atoms with E-state index in [2.05, 4.69) is 9.97 Å². The highest BCUT2D eigenvalue weighted by molar-refractivity contribution is 7.86. The van der Waals surface area contributed by atoms with Crippen molar-refractivity contribution in [1.29, 1.82) is 0 Å². The third-order valence-corrected chi connectivity index (χ3v) is 6.76. The number of halogens is 3. The van der Waals surface area contributed by atoms with E-state index in [1.54, 1.807) is 30.4 Å². The van der Waals surface area contributed by atoms with Crippen LogP contribution in [0, 0.1) is 0 Å². The van der Waals surface area contributed by atoms with Crippen molar-refractivity contribution in [2.45, 2.75) is 4.90 Å². The first-order chi connectivity index (χ1) is 17.1. The van der Waals surface area contributed by atoms with Gasteiger partial charge >= 0.3 is 10.2 Å². The smallest absolute Gasteiger partial charge is 0.332 e. The first-order valence-electron chi connectivity index (χ1n) is 10.5. The van der Waals surface area contributed by atoms with Crippen LogP contribution in [0.1, 0.15) is 22.4 Å². The van der Waals surface area contributed by atoms with E-state index < -0.39 is 10.2 Å². The molecule has 0 unspecified atom stereocenters. The van der Waals surface area contributed by atoms with Crippen molar-refractivity contribution in [3.8, 4) is 11.1 Å². The zero-order chi connectivity index (χ0) is 25.9. The fourth-order valence-corrected chi connectivity index (χ4v) is 4.17. The van der Waals surface area contributed by atoms with Crippen molar-refractivity contribution < 1.29 is 12.3 Å². The molecule has 10 heteroatoms. The maximum absolute atomic E-state index is 13.0. The summed E-state index contributed by atoms with van der Waals surface area (Å²) in [5.74, 6) is 0.270. The largest absolute Gasteiger partial charge is 0.383 e. The monoisotopic (exact) mass is 540 g/mol. The van der Waals surface area contributed by atoms with Gasteiger partial charge in [-0.25, -0.2) is 4.98 Å². The van der Waals surface area contributed by atoms with Crippen LogP contribution in [-0.2, 0) is 10.2 Å². The van der Waals surface area contributed by atoms with E-state index in [0.717, 1.165) is 16.7 Å². The van der Waals surface area contributed by atoms with Crippen LogP contribution in [0.3, 0.4) is 0 Å². The molecular weight excluding hydrogens is 522 g/mol. The molecule has 0 aliphatic heterocycles. The van der Waals surface area contributed by atoms with Crippen LogP contribution in [0.5, 0.6) is 0 Å². The second kappa shape index (κ2) is 10.5. The number of hydrogen-bond acceptors (Lipinski definition) is 6. The van der Waals surface area contributed by atoms with Crippen LogP contribution in [0.15, 0.2) is 71.6 Å². The normalized spacial score (nSPS) is 12.0. The van der Waals surface area contributed by atoms with Crippen LogP contribution in [-0.4, -0.2) is 18.4 Å². The number of aromatic nitrogens is 2. The van der Waals surface area contributed by atoms with Gasteiger partial charge in [0.05, 0.1) is 20.6 Å². The van der Waals surface area contributed by atoms with Crippen molar-refractivity contribution >= 4 is 69.5 Å². The molecule has 4 rings (SSSR count). The second-order valence-electron chi connectivity index (χ2n) is 7.70. The minimum Gasteiger partial charge on any atom is -0.383 e. The quantitative estimate of drug-likeness (QED) is 0.210. The number of benzene rings is 3. The van der Waals surface area contributed by atoms with Crippen LogP contribution < -0.4 is 11.5 Å². The molecule has 6 nitrogen and oxygen atoms in total. The molecule has 4 N–H and O–H groups in total. The molecular formula is C26H19Cl2FN4O2S. The second-order valence-corrected chi connectivity index (χ2v) is 9.86. The Kier molecular flexibility index (Phi) is 7.40. The van der Waals surface area contributed by atoms with Crippen molar-refractivity contribution in [2.24, 2.45) is 0 Å². The Labute approximate surface area is 217 Å². The average molecular weight is 541 g/mol. The lowest BCUT2D eigenvalue weighted by Crippen LogP contribution is -2.04. The van der Waals surface area contributed by atoms with E-state index in [0.29, 0.717) is 26.9 Å². The Morgan fingerprint density at radius 1 is 0.722 bits per heavy atom. The minimum atomic E-state index is -4.71. The summed E-state index contributed by atoms with van der Waals surface area (Å²) in [6.07, 6.45) is 7.32. The number of rotatable bonds is 6. The van der Waals surface area contributed by atoms with Crippen LogP contribution >= 0.6 is 23.2 Å². The zero-order valence-electron chi connectivity index (χ0n) is 18.6. The first-order valence-corrected chi connectivity index (χ1v) is 12.6.